The lowest BCUT2D eigenvalue weighted by Gasteiger charge is -2.28. The van der Waals surface area contributed by atoms with Gasteiger partial charge in [-0.25, -0.2) is 0 Å². The molecule has 0 aromatic heterocycles. The van der Waals surface area contributed by atoms with Crippen molar-refractivity contribution in [2.45, 2.75) is 246 Å². The summed E-state index contributed by atoms with van der Waals surface area (Å²) in [6.45, 7) is 9.44. The van der Waals surface area contributed by atoms with Gasteiger partial charge in [0.05, 0.1) is 24.6 Å². The van der Waals surface area contributed by atoms with Crippen molar-refractivity contribution >= 4 is 7.26 Å². The van der Waals surface area contributed by atoms with Crippen molar-refractivity contribution in [2.24, 2.45) is 0 Å². The Balaban J connectivity index is 0. The topological polar surface area (TPSA) is 0 Å². The SMILES string of the molecule is CCCCCCCCCCCCCCCC[P+](CCCCC)(CCCCC)CCCCCCCCCCCCCCCC.[Br-]. The molecule has 0 radical (unpaired) electrons. The van der Waals surface area contributed by atoms with Crippen LogP contribution in [-0.4, -0.2) is 24.6 Å². The third-order valence-electron chi connectivity index (χ3n) is 10.4. The molecule has 0 aliphatic rings. The van der Waals surface area contributed by atoms with E-state index in [4.69, 9.17) is 0 Å². The molecular weight excluding hydrogens is 615 g/mol. The zero-order chi connectivity index (χ0) is 31.4. The monoisotopic (exact) mass is 703 g/mol. The van der Waals surface area contributed by atoms with Crippen molar-refractivity contribution in [3.8, 4) is 0 Å². The molecule has 0 N–H and O–H groups in total. The van der Waals surface area contributed by atoms with Crippen molar-refractivity contribution in [2.75, 3.05) is 24.6 Å². The van der Waals surface area contributed by atoms with Gasteiger partial charge in [0, 0.05) is 7.26 Å². The highest BCUT2D eigenvalue weighted by Crippen LogP contribution is 2.61. The van der Waals surface area contributed by atoms with Crippen molar-refractivity contribution < 1.29 is 17.0 Å². The van der Waals surface area contributed by atoms with E-state index in [1.807, 2.05) is 0 Å². The van der Waals surface area contributed by atoms with Crippen LogP contribution in [0.2, 0.25) is 0 Å². The molecule has 0 saturated carbocycles. The van der Waals surface area contributed by atoms with Gasteiger partial charge in [0.1, 0.15) is 0 Å². The number of halogens is 1. The first-order valence-corrected chi connectivity index (χ1v) is 23.6. The van der Waals surface area contributed by atoms with Gasteiger partial charge in [0.15, 0.2) is 0 Å². The van der Waals surface area contributed by atoms with E-state index in [1.54, 1.807) is 37.5 Å². The highest BCUT2D eigenvalue weighted by Gasteiger charge is 2.34. The summed E-state index contributed by atoms with van der Waals surface area (Å²) in [5.74, 6) is 0. The van der Waals surface area contributed by atoms with Gasteiger partial charge < -0.3 is 17.0 Å². The molecule has 0 atom stereocenters. The summed E-state index contributed by atoms with van der Waals surface area (Å²) in [6, 6.07) is 0. The second-order valence-corrected chi connectivity index (χ2v) is 19.3. The summed E-state index contributed by atoms with van der Waals surface area (Å²) in [5, 5.41) is 0. The molecule has 0 saturated heterocycles. The average molecular weight is 704 g/mol. The highest BCUT2D eigenvalue weighted by atomic mass is 79.9. The number of hydrogen-bond acceptors (Lipinski definition) is 0. The minimum absolute atomic E-state index is 0. The van der Waals surface area contributed by atoms with Crippen LogP contribution >= 0.6 is 7.26 Å². The summed E-state index contributed by atoms with van der Waals surface area (Å²) in [7, 11) is -0.725. The molecular formula is C42H88BrP. The van der Waals surface area contributed by atoms with Gasteiger partial charge in [0.25, 0.3) is 0 Å². The Labute approximate surface area is 293 Å². The molecule has 2 heteroatoms. The lowest BCUT2D eigenvalue weighted by atomic mass is 10.0. The minimum atomic E-state index is -0.725. The van der Waals surface area contributed by atoms with Crippen molar-refractivity contribution in [1.82, 2.24) is 0 Å². The summed E-state index contributed by atoms with van der Waals surface area (Å²) in [6.07, 6.45) is 57.1. The van der Waals surface area contributed by atoms with Crippen LogP contribution in [0.3, 0.4) is 0 Å². The van der Waals surface area contributed by atoms with E-state index in [0.29, 0.717) is 0 Å². The maximum atomic E-state index is 2.40. The fraction of sp³-hybridized carbons (Fsp3) is 1.00. The molecule has 0 bridgehead atoms. The third kappa shape index (κ3) is 34.3. The summed E-state index contributed by atoms with van der Waals surface area (Å²) < 4.78 is 0. The van der Waals surface area contributed by atoms with Crippen molar-refractivity contribution in [1.29, 1.82) is 0 Å². The largest absolute Gasteiger partial charge is 1.00 e. The van der Waals surface area contributed by atoms with E-state index < -0.39 is 7.26 Å². The maximum absolute atomic E-state index is 2.40. The van der Waals surface area contributed by atoms with Gasteiger partial charge in [-0.05, 0) is 38.5 Å². The smallest absolute Gasteiger partial charge is 0.0594 e. The molecule has 0 aromatic carbocycles. The molecule has 0 heterocycles. The number of hydrogen-bond donors (Lipinski definition) is 0. The van der Waals surface area contributed by atoms with Crippen LogP contribution in [0, 0.1) is 0 Å². The van der Waals surface area contributed by atoms with E-state index in [1.165, 1.54) is 205 Å². The molecule has 0 unspecified atom stereocenters. The second kappa shape index (κ2) is 40.1. The first kappa shape index (κ1) is 47.0. The molecule has 0 rings (SSSR count). The van der Waals surface area contributed by atoms with E-state index in [2.05, 4.69) is 27.7 Å². The molecule has 44 heavy (non-hydrogen) atoms. The van der Waals surface area contributed by atoms with Crippen molar-refractivity contribution in [3.63, 3.8) is 0 Å². The lowest BCUT2D eigenvalue weighted by molar-refractivity contribution is -0.00000974. The van der Waals surface area contributed by atoms with Gasteiger partial charge in [-0.2, -0.15) is 0 Å². The van der Waals surface area contributed by atoms with Crippen LogP contribution in [0.1, 0.15) is 246 Å². The van der Waals surface area contributed by atoms with Crippen LogP contribution in [0.15, 0.2) is 0 Å². The predicted octanol–water partition coefficient (Wildman–Crippen LogP) is 13.4. The zero-order valence-electron chi connectivity index (χ0n) is 31.7. The number of rotatable bonds is 38. The van der Waals surface area contributed by atoms with Crippen LogP contribution in [0.4, 0.5) is 0 Å². The Morgan fingerprint density at radius 2 is 0.341 bits per heavy atom. The van der Waals surface area contributed by atoms with Crippen LogP contribution in [-0.2, 0) is 0 Å². The van der Waals surface area contributed by atoms with Gasteiger partial charge in [-0.1, -0.05) is 207 Å². The van der Waals surface area contributed by atoms with E-state index in [-0.39, 0.29) is 17.0 Å². The van der Waals surface area contributed by atoms with E-state index in [0.717, 1.165) is 0 Å². The molecule has 0 amide bonds. The summed E-state index contributed by atoms with van der Waals surface area (Å²) in [4.78, 5) is 0. The van der Waals surface area contributed by atoms with E-state index >= 15 is 0 Å². The molecule has 0 nitrogen and oxygen atoms in total. The molecule has 268 valence electrons. The normalized spacial score (nSPS) is 11.7. The minimum Gasteiger partial charge on any atom is -1.00 e. The standard InChI is InChI=1S/C42H88P.BrH/c1-5-9-13-15-17-19-21-23-25-27-29-31-33-37-41-43(39-35-11-7-3,40-36-12-8-4)42-38-34-32-30-28-26-24-22-20-18-16-14-10-6-2;/h5-42H2,1-4H3;1H/q+1;/p-1. The Kier molecular flexibility index (Phi) is 42.8. The first-order chi connectivity index (χ1) is 21.2. The highest BCUT2D eigenvalue weighted by molar-refractivity contribution is 7.75. The van der Waals surface area contributed by atoms with Crippen LogP contribution in [0.25, 0.3) is 0 Å². The Morgan fingerprint density at radius 1 is 0.205 bits per heavy atom. The lowest BCUT2D eigenvalue weighted by Crippen LogP contribution is -3.00. The van der Waals surface area contributed by atoms with E-state index in [9.17, 15) is 0 Å². The molecule has 0 aliphatic carbocycles. The van der Waals surface area contributed by atoms with Gasteiger partial charge in [-0.3, -0.25) is 0 Å². The quantitative estimate of drug-likeness (QED) is 0.0444. The average Bonchev–Trinajstić information content (AvgIpc) is 3.01. The van der Waals surface area contributed by atoms with Gasteiger partial charge in [0.2, 0.25) is 0 Å². The predicted molar refractivity (Wildman–Crippen MR) is 206 cm³/mol. The molecule has 0 aliphatic heterocycles. The van der Waals surface area contributed by atoms with Crippen LogP contribution < -0.4 is 17.0 Å². The first-order valence-electron chi connectivity index (χ1n) is 21.1. The number of unbranched alkanes of at least 4 members (excludes halogenated alkanes) is 30. The van der Waals surface area contributed by atoms with Crippen LogP contribution in [0.5, 0.6) is 0 Å². The summed E-state index contributed by atoms with van der Waals surface area (Å²) >= 11 is 0. The second-order valence-electron chi connectivity index (χ2n) is 14.8. The zero-order valence-corrected chi connectivity index (χ0v) is 34.2. The van der Waals surface area contributed by atoms with Crippen molar-refractivity contribution in [3.05, 3.63) is 0 Å². The Hall–Kier alpha value is 0.910. The molecule has 0 aromatic rings. The van der Waals surface area contributed by atoms with Gasteiger partial charge >= 0.3 is 0 Å². The molecule has 0 spiro atoms. The fourth-order valence-corrected chi connectivity index (χ4v) is 12.3. The third-order valence-corrected chi connectivity index (χ3v) is 15.5. The van der Waals surface area contributed by atoms with Gasteiger partial charge in [-0.15, -0.1) is 0 Å². The molecule has 0 fully saturated rings. The maximum Gasteiger partial charge on any atom is 0.0594 e. The summed E-state index contributed by atoms with van der Waals surface area (Å²) in [5.41, 5.74) is 0. The fourth-order valence-electron chi connectivity index (χ4n) is 7.35. The Bertz CT molecular complexity index is 448. The Morgan fingerprint density at radius 3 is 0.545 bits per heavy atom.